The van der Waals surface area contributed by atoms with Crippen molar-refractivity contribution in [2.75, 3.05) is 9.80 Å². The van der Waals surface area contributed by atoms with Gasteiger partial charge in [-0.05, 0) is 225 Å². The molecule has 2 aliphatic rings. The molecule has 123 heavy (non-hydrogen) atoms. The molecule has 19 aromatic rings. The molecule has 0 N–H and O–H groups in total. The van der Waals surface area contributed by atoms with Gasteiger partial charge < -0.3 is 18.9 Å². The second kappa shape index (κ2) is 29.5. The number of hydrogen-bond donors (Lipinski definition) is 0. The Morgan fingerprint density at radius 1 is 0.276 bits per heavy atom. The van der Waals surface area contributed by atoms with E-state index in [4.69, 9.17) is 6.57 Å². The van der Waals surface area contributed by atoms with E-state index in [9.17, 15) is 5.26 Å². The topological polar surface area (TPSA) is 44.5 Å². The van der Waals surface area contributed by atoms with Crippen LogP contribution in [-0.4, -0.2) is 15.8 Å². The van der Waals surface area contributed by atoms with Crippen LogP contribution < -0.4 is 26.2 Å². The molecule has 0 saturated heterocycles. The molecule has 0 bridgehead atoms. The highest BCUT2D eigenvalue weighted by molar-refractivity contribution is 7.00. The normalized spacial score (nSPS) is 12.5. The van der Waals surface area contributed by atoms with Crippen LogP contribution in [-0.2, 0) is 16.2 Å². The van der Waals surface area contributed by atoms with Gasteiger partial charge in [-0.25, -0.2) is 4.85 Å². The first kappa shape index (κ1) is 75.5. The second-order valence-corrected chi connectivity index (χ2v) is 36.2. The standard InChI is InChI=1S/C116H89BN6/c1-114(2,3)87-53-47-77(48-54-87)85-65-97(79-45-43-74(73-118)44-46-79)112(99(67-85)83-33-25-31-81(63-83)75-27-13-11-14-28-75)122-107-71-91(120-103-39-21-17-35-93(103)94-36-18-22-40-104(94)120)59-61-101(107)117-102-62-60-92(121-105-41-23-19-37-95(105)96-38-20-24-42-106(96)121)72-108(102)123(110-70-89(116(7,8)9)69-109(122)111(110)117)113-98(80-51-57-90(119-10)58-52-80)66-86(78-49-55-88(56-50-78)115(4,5)6)68-100(113)84-34-26-32-82(64-84)76-29-15-12-16-30-76/h11-72H,1-9H3. The Hall–Kier alpha value is -15.0. The zero-order chi connectivity index (χ0) is 83.7. The lowest BCUT2D eigenvalue weighted by molar-refractivity contribution is 0.590. The summed E-state index contributed by atoms with van der Waals surface area (Å²) in [5, 5.41) is 15.5. The molecule has 2 aliphatic heterocycles. The van der Waals surface area contributed by atoms with Crippen LogP contribution in [0.25, 0.3) is 149 Å². The maximum Gasteiger partial charge on any atom is 0.252 e. The summed E-state index contributed by atoms with van der Waals surface area (Å²) in [5.41, 5.74) is 37.2. The molecular formula is C116H89BN6. The molecule has 6 nitrogen and oxygen atoms in total. The van der Waals surface area contributed by atoms with Gasteiger partial charge in [0.05, 0.1) is 51.6 Å². The molecule has 0 spiro atoms. The van der Waals surface area contributed by atoms with Crippen molar-refractivity contribution < 1.29 is 0 Å². The lowest BCUT2D eigenvalue weighted by Gasteiger charge is -2.46. The van der Waals surface area contributed by atoms with Gasteiger partial charge in [-0.1, -0.05) is 329 Å². The van der Waals surface area contributed by atoms with E-state index in [0.29, 0.717) is 11.3 Å². The minimum Gasteiger partial charge on any atom is -0.310 e. The summed E-state index contributed by atoms with van der Waals surface area (Å²) in [6.07, 6.45) is 0. The number of benzene rings is 17. The third-order valence-electron chi connectivity index (χ3n) is 25.6. The predicted octanol–water partition coefficient (Wildman–Crippen LogP) is 29.6. The van der Waals surface area contributed by atoms with E-state index in [1.54, 1.807) is 0 Å². The van der Waals surface area contributed by atoms with E-state index in [2.05, 4.69) is 444 Å². The van der Waals surface area contributed by atoms with Crippen LogP contribution in [0.15, 0.2) is 376 Å². The van der Waals surface area contributed by atoms with Gasteiger partial charge in [-0.3, -0.25) is 0 Å². The summed E-state index contributed by atoms with van der Waals surface area (Å²) in [6, 6.07) is 142. The van der Waals surface area contributed by atoms with Crippen molar-refractivity contribution in [1.82, 2.24) is 9.13 Å². The van der Waals surface area contributed by atoms with Crippen LogP contribution in [0.3, 0.4) is 0 Å². The zero-order valence-corrected chi connectivity index (χ0v) is 70.6. The fraction of sp³-hybridized carbons (Fsp3) is 0.103. The SMILES string of the molecule is [C-]#[N+]c1ccc(-c2cc(-c3ccc(C(C)(C)C)cc3)cc(-c3cccc(-c4ccccc4)c3)c2N2c3cc(-n4c5ccccc5c5ccccc54)ccc3B3c4ccc(-n5c6ccccc6c6ccccc65)cc4N(c4c(-c5ccc(C#N)cc5)cc(-c5ccc(C(C)(C)C)cc5)cc4-c4cccc(-c5ccccc5)c4)c4cc(C(C)(C)C)cc2c43)cc1. The van der Waals surface area contributed by atoms with Gasteiger partial charge in [0.1, 0.15) is 0 Å². The maximum atomic E-state index is 10.8. The van der Waals surface area contributed by atoms with Crippen LogP contribution in [0.5, 0.6) is 0 Å². The average molecular weight is 1580 g/mol. The van der Waals surface area contributed by atoms with Crippen molar-refractivity contribution >= 4 is 107 Å². The molecule has 0 saturated carbocycles. The molecule has 0 amide bonds. The summed E-state index contributed by atoms with van der Waals surface area (Å²) >= 11 is 0. The highest BCUT2D eigenvalue weighted by Crippen LogP contribution is 2.57. The molecule has 0 aliphatic carbocycles. The second-order valence-electron chi connectivity index (χ2n) is 36.2. The smallest absolute Gasteiger partial charge is 0.252 e. The van der Waals surface area contributed by atoms with Crippen molar-refractivity contribution in [3.8, 4) is 106 Å². The molecule has 7 heteroatoms. The van der Waals surface area contributed by atoms with Crippen LogP contribution in [0.4, 0.5) is 39.8 Å². The monoisotopic (exact) mass is 1580 g/mol. The summed E-state index contributed by atoms with van der Waals surface area (Å²) in [5.74, 6) is 0. The molecule has 17 aromatic carbocycles. The van der Waals surface area contributed by atoms with Crippen LogP contribution >= 0.6 is 0 Å². The minimum absolute atomic E-state index is 0.0765. The van der Waals surface area contributed by atoms with Gasteiger partial charge in [0.15, 0.2) is 5.69 Å². The number of para-hydroxylation sites is 4. The average Bonchev–Trinajstić information content (AvgIpc) is 1.09. The van der Waals surface area contributed by atoms with Crippen molar-refractivity contribution in [1.29, 1.82) is 5.26 Å². The molecule has 586 valence electrons. The lowest BCUT2D eigenvalue weighted by Crippen LogP contribution is -2.61. The van der Waals surface area contributed by atoms with Gasteiger partial charge in [0.25, 0.3) is 6.71 Å². The predicted molar refractivity (Wildman–Crippen MR) is 520 cm³/mol. The molecule has 2 aromatic heterocycles. The van der Waals surface area contributed by atoms with Gasteiger partial charge >= 0.3 is 0 Å². The molecule has 4 heterocycles. The quantitative estimate of drug-likeness (QED) is 0.0904. The summed E-state index contributed by atoms with van der Waals surface area (Å²) in [7, 11) is 0. The van der Waals surface area contributed by atoms with E-state index in [0.717, 1.165) is 179 Å². The Balaban J connectivity index is 0.949. The van der Waals surface area contributed by atoms with Gasteiger partial charge in [0, 0.05) is 77.9 Å². The van der Waals surface area contributed by atoms with Crippen molar-refractivity contribution in [2.45, 2.75) is 78.6 Å². The Kier molecular flexibility index (Phi) is 18.1. The first-order chi connectivity index (χ1) is 59.8. The third-order valence-corrected chi connectivity index (χ3v) is 25.6. The van der Waals surface area contributed by atoms with Crippen molar-refractivity contribution in [3.63, 3.8) is 0 Å². The van der Waals surface area contributed by atoms with E-state index in [-0.39, 0.29) is 17.5 Å². The molecular weight excluding hydrogens is 1490 g/mol. The van der Waals surface area contributed by atoms with Gasteiger partial charge in [-0.2, -0.15) is 5.26 Å². The van der Waals surface area contributed by atoms with Gasteiger partial charge in [-0.15, -0.1) is 0 Å². The first-order valence-electron chi connectivity index (χ1n) is 42.7. The Morgan fingerprint density at radius 2 is 0.602 bits per heavy atom. The maximum absolute atomic E-state index is 10.8. The fourth-order valence-electron chi connectivity index (χ4n) is 19.3. The Labute approximate surface area is 720 Å². The third kappa shape index (κ3) is 13.0. The summed E-state index contributed by atoms with van der Waals surface area (Å²) in [6.45, 7) is 28.9. The van der Waals surface area contributed by atoms with E-state index < -0.39 is 5.41 Å². The molecule has 0 unspecified atom stereocenters. The summed E-state index contributed by atoms with van der Waals surface area (Å²) < 4.78 is 4.95. The number of rotatable bonds is 12. The van der Waals surface area contributed by atoms with E-state index in [1.807, 2.05) is 24.3 Å². The van der Waals surface area contributed by atoms with Crippen molar-refractivity contribution in [2.24, 2.45) is 0 Å². The fourth-order valence-corrected chi connectivity index (χ4v) is 19.3. The molecule has 0 radical (unpaired) electrons. The lowest BCUT2D eigenvalue weighted by atomic mass is 9.33. The molecule has 21 rings (SSSR count). The van der Waals surface area contributed by atoms with Crippen LogP contribution in [0.1, 0.15) is 84.6 Å². The Morgan fingerprint density at radius 3 is 0.967 bits per heavy atom. The number of anilines is 6. The molecule has 0 fully saturated rings. The van der Waals surface area contributed by atoms with Crippen LogP contribution in [0, 0.1) is 17.9 Å². The highest BCUT2D eigenvalue weighted by Gasteiger charge is 2.47. The van der Waals surface area contributed by atoms with Crippen molar-refractivity contribution in [3.05, 3.63) is 410 Å². The highest BCUT2D eigenvalue weighted by atomic mass is 15.2. The number of hydrogen-bond acceptors (Lipinski definition) is 3. The number of fused-ring (bicyclic) bond motifs is 10. The first-order valence-corrected chi connectivity index (χ1v) is 42.7. The van der Waals surface area contributed by atoms with E-state index in [1.165, 1.54) is 32.7 Å². The largest absolute Gasteiger partial charge is 0.310 e. The minimum atomic E-state index is -0.464. The van der Waals surface area contributed by atoms with Gasteiger partial charge in [0.2, 0.25) is 0 Å². The number of nitrogens with zero attached hydrogens (tertiary/aromatic N) is 6. The zero-order valence-electron chi connectivity index (χ0n) is 70.6. The number of nitriles is 1. The Bertz CT molecular complexity index is 7000. The molecule has 0 atom stereocenters. The summed E-state index contributed by atoms with van der Waals surface area (Å²) in [4.78, 5) is 9.40. The van der Waals surface area contributed by atoms with E-state index >= 15 is 0 Å². The van der Waals surface area contributed by atoms with Crippen LogP contribution in [0.2, 0.25) is 0 Å². The number of aromatic nitrogens is 2.